The molecule has 0 fully saturated rings. The molecule has 1 aliphatic heterocycles. The number of ether oxygens (including phenoxy) is 3. The molecular formula is C23H28N2O5. The van der Waals surface area contributed by atoms with E-state index < -0.39 is 5.41 Å². The summed E-state index contributed by atoms with van der Waals surface area (Å²) in [6, 6.07) is 10.5. The van der Waals surface area contributed by atoms with Gasteiger partial charge in [-0.05, 0) is 50.6 Å². The number of benzene rings is 2. The minimum absolute atomic E-state index is 0.00188. The quantitative estimate of drug-likeness (QED) is 0.772. The van der Waals surface area contributed by atoms with Crippen LogP contribution in [0.4, 0.5) is 11.4 Å². The highest BCUT2D eigenvalue weighted by molar-refractivity contribution is 6.09. The molecule has 0 spiro atoms. The Bertz CT molecular complexity index is 932. The van der Waals surface area contributed by atoms with Gasteiger partial charge >= 0.3 is 0 Å². The van der Waals surface area contributed by atoms with Crippen molar-refractivity contribution in [1.82, 2.24) is 0 Å². The molecule has 0 aliphatic carbocycles. The number of rotatable bonds is 6. The summed E-state index contributed by atoms with van der Waals surface area (Å²) in [6.07, 6.45) is 0.802. The highest BCUT2D eigenvalue weighted by Crippen LogP contribution is 2.38. The molecule has 0 aromatic heterocycles. The molecule has 2 aromatic rings. The van der Waals surface area contributed by atoms with Crippen LogP contribution in [0.3, 0.4) is 0 Å². The van der Waals surface area contributed by atoms with Crippen molar-refractivity contribution in [3.63, 3.8) is 0 Å². The molecule has 7 nitrogen and oxygen atoms in total. The van der Waals surface area contributed by atoms with E-state index in [9.17, 15) is 9.59 Å². The molecular weight excluding hydrogens is 384 g/mol. The maximum absolute atomic E-state index is 13.1. The maximum atomic E-state index is 13.1. The van der Waals surface area contributed by atoms with E-state index in [1.807, 2.05) is 20.8 Å². The number of carbonyl (C=O) groups excluding carboxylic acids is 2. The van der Waals surface area contributed by atoms with Crippen molar-refractivity contribution in [2.24, 2.45) is 5.41 Å². The van der Waals surface area contributed by atoms with E-state index in [1.54, 1.807) is 41.3 Å². The Hall–Kier alpha value is -3.22. The average Bonchev–Trinajstić information content (AvgIpc) is 2.83. The van der Waals surface area contributed by atoms with Crippen molar-refractivity contribution in [2.75, 3.05) is 37.6 Å². The number of methoxy groups -OCH3 is 2. The molecule has 0 bridgehead atoms. The SMILES string of the molecule is CCCN1C(=O)C(C)(C)COc2ccc(NC(=O)c3c(OC)cccc3OC)cc21. The van der Waals surface area contributed by atoms with Gasteiger partial charge in [0, 0.05) is 12.2 Å². The van der Waals surface area contributed by atoms with E-state index in [2.05, 4.69) is 5.32 Å². The van der Waals surface area contributed by atoms with Crippen LogP contribution in [0.15, 0.2) is 36.4 Å². The number of amides is 2. The van der Waals surface area contributed by atoms with Crippen LogP contribution in [0.5, 0.6) is 17.2 Å². The summed E-state index contributed by atoms with van der Waals surface area (Å²) in [7, 11) is 3.00. The normalized spacial score (nSPS) is 15.0. The minimum atomic E-state index is -0.637. The molecule has 0 radical (unpaired) electrons. The van der Waals surface area contributed by atoms with Gasteiger partial charge in [0.25, 0.3) is 5.91 Å². The predicted molar refractivity (Wildman–Crippen MR) is 116 cm³/mol. The fourth-order valence-electron chi connectivity index (χ4n) is 3.44. The first kappa shape index (κ1) is 21.5. The maximum Gasteiger partial charge on any atom is 0.263 e. The Kier molecular flexibility index (Phi) is 6.20. The van der Waals surface area contributed by atoms with Crippen molar-refractivity contribution >= 4 is 23.2 Å². The van der Waals surface area contributed by atoms with Gasteiger partial charge in [-0.2, -0.15) is 0 Å². The van der Waals surface area contributed by atoms with Crippen molar-refractivity contribution < 1.29 is 23.8 Å². The van der Waals surface area contributed by atoms with Gasteiger partial charge in [0.05, 0.1) is 25.3 Å². The van der Waals surface area contributed by atoms with Gasteiger partial charge in [0.2, 0.25) is 5.91 Å². The smallest absolute Gasteiger partial charge is 0.263 e. The molecule has 7 heteroatoms. The monoisotopic (exact) mass is 412 g/mol. The lowest BCUT2D eigenvalue weighted by Crippen LogP contribution is -2.42. The van der Waals surface area contributed by atoms with Gasteiger partial charge < -0.3 is 24.4 Å². The lowest BCUT2D eigenvalue weighted by Gasteiger charge is -2.28. The Morgan fingerprint density at radius 2 is 1.83 bits per heavy atom. The molecule has 160 valence electrons. The molecule has 3 rings (SSSR count). The van der Waals surface area contributed by atoms with Crippen LogP contribution < -0.4 is 24.4 Å². The molecule has 1 N–H and O–H groups in total. The lowest BCUT2D eigenvalue weighted by atomic mass is 9.93. The fraction of sp³-hybridized carbons (Fsp3) is 0.391. The van der Waals surface area contributed by atoms with Crippen LogP contribution in [0.25, 0.3) is 0 Å². The number of nitrogens with zero attached hydrogens (tertiary/aromatic N) is 1. The third kappa shape index (κ3) is 4.06. The molecule has 1 aliphatic rings. The van der Waals surface area contributed by atoms with Gasteiger partial charge in [-0.15, -0.1) is 0 Å². The second kappa shape index (κ2) is 8.65. The molecule has 0 saturated heterocycles. The van der Waals surface area contributed by atoms with E-state index in [0.717, 1.165) is 6.42 Å². The van der Waals surface area contributed by atoms with E-state index in [-0.39, 0.29) is 11.8 Å². The molecule has 1 heterocycles. The third-order valence-electron chi connectivity index (χ3n) is 5.02. The molecule has 0 atom stereocenters. The summed E-state index contributed by atoms with van der Waals surface area (Å²) < 4.78 is 16.6. The van der Waals surface area contributed by atoms with Crippen LogP contribution >= 0.6 is 0 Å². The first-order valence-electron chi connectivity index (χ1n) is 9.93. The number of carbonyl (C=O) groups is 2. The summed E-state index contributed by atoms with van der Waals surface area (Å²) in [4.78, 5) is 27.8. The highest BCUT2D eigenvalue weighted by atomic mass is 16.5. The first-order valence-corrected chi connectivity index (χ1v) is 9.93. The van der Waals surface area contributed by atoms with Gasteiger partial charge in [-0.1, -0.05) is 13.0 Å². The topological polar surface area (TPSA) is 77.1 Å². The van der Waals surface area contributed by atoms with Gasteiger partial charge in [-0.25, -0.2) is 0 Å². The van der Waals surface area contributed by atoms with E-state index in [1.165, 1.54) is 14.2 Å². The predicted octanol–water partition coefficient (Wildman–Crippen LogP) is 4.12. The van der Waals surface area contributed by atoms with E-state index >= 15 is 0 Å². The zero-order valence-electron chi connectivity index (χ0n) is 18.1. The van der Waals surface area contributed by atoms with Crippen molar-refractivity contribution in [2.45, 2.75) is 27.2 Å². The molecule has 30 heavy (non-hydrogen) atoms. The van der Waals surface area contributed by atoms with Gasteiger partial charge in [-0.3, -0.25) is 9.59 Å². The highest BCUT2D eigenvalue weighted by Gasteiger charge is 2.37. The minimum Gasteiger partial charge on any atom is -0.496 e. The largest absolute Gasteiger partial charge is 0.496 e. The number of hydrogen-bond acceptors (Lipinski definition) is 5. The number of fused-ring (bicyclic) bond motifs is 1. The van der Waals surface area contributed by atoms with Gasteiger partial charge in [0.1, 0.15) is 29.4 Å². The summed E-state index contributed by atoms with van der Waals surface area (Å²) >= 11 is 0. The Labute approximate surface area is 176 Å². The molecule has 2 amide bonds. The van der Waals surface area contributed by atoms with E-state index in [0.29, 0.717) is 47.3 Å². The fourth-order valence-corrected chi connectivity index (χ4v) is 3.44. The second-order valence-corrected chi connectivity index (χ2v) is 7.80. The molecule has 0 unspecified atom stereocenters. The Morgan fingerprint density at radius 1 is 1.17 bits per heavy atom. The Morgan fingerprint density at radius 3 is 2.43 bits per heavy atom. The Balaban J connectivity index is 1.97. The molecule has 2 aromatic carbocycles. The van der Waals surface area contributed by atoms with Crippen LogP contribution in [-0.4, -0.2) is 39.2 Å². The summed E-state index contributed by atoms with van der Waals surface area (Å²) in [6.45, 7) is 6.63. The second-order valence-electron chi connectivity index (χ2n) is 7.80. The summed E-state index contributed by atoms with van der Waals surface area (Å²) in [5, 5.41) is 2.88. The lowest BCUT2D eigenvalue weighted by molar-refractivity contribution is -0.127. The van der Waals surface area contributed by atoms with Crippen LogP contribution in [0, 0.1) is 5.41 Å². The van der Waals surface area contributed by atoms with Crippen LogP contribution in [-0.2, 0) is 4.79 Å². The summed E-state index contributed by atoms with van der Waals surface area (Å²) in [5.41, 5.74) is 0.861. The van der Waals surface area contributed by atoms with Crippen molar-refractivity contribution in [3.8, 4) is 17.2 Å². The van der Waals surface area contributed by atoms with Crippen molar-refractivity contribution in [3.05, 3.63) is 42.0 Å². The average molecular weight is 412 g/mol. The van der Waals surface area contributed by atoms with E-state index in [4.69, 9.17) is 14.2 Å². The zero-order valence-corrected chi connectivity index (χ0v) is 18.1. The standard InChI is InChI=1S/C23H28N2O5/c1-6-12-25-16-13-15(10-11-17(16)30-14-23(2,3)22(25)27)24-21(26)20-18(28-4)8-7-9-19(20)29-5/h7-11,13H,6,12,14H2,1-5H3,(H,24,26). The number of nitrogens with one attached hydrogen (secondary N) is 1. The third-order valence-corrected chi connectivity index (χ3v) is 5.02. The van der Waals surface area contributed by atoms with Crippen LogP contribution in [0.1, 0.15) is 37.6 Å². The first-order chi connectivity index (χ1) is 14.3. The van der Waals surface area contributed by atoms with Gasteiger partial charge in [0.15, 0.2) is 0 Å². The van der Waals surface area contributed by atoms with Crippen LogP contribution in [0.2, 0.25) is 0 Å². The number of hydrogen-bond donors (Lipinski definition) is 1. The zero-order chi connectivity index (χ0) is 21.9. The van der Waals surface area contributed by atoms with Crippen molar-refractivity contribution in [1.29, 1.82) is 0 Å². The molecule has 0 saturated carbocycles. The summed E-state index contributed by atoms with van der Waals surface area (Å²) in [5.74, 6) is 1.07. The number of anilines is 2.